The van der Waals surface area contributed by atoms with E-state index >= 15 is 0 Å². The highest BCUT2D eigenvalue weighted by Crippen LogP contribution is 2.25. The summed E-state index contributed by atoms with van der Waals surface area (Å²) < 4.78 is 5.77. The van der Waals surface area contributed by atoms with Crippen LogP contribution in [-0.2, 0) is 6.54 Å². The SMILES string of the molecule is CCCOc1ccccc1NCc1cccc(C)c1C. The predicted molar refractivity (Wildman–Crippen MR) is 85.5 cm³/mol. The summed E-state index contributed by atoms with van der Waals surface area (Å²) in [4.78, 5) is 0. The quantitative estimate of drug-likeness (QED) is 0.820. The molecule has 2 nitrogen and oxygen atoms in total. The third kappa shape index (κ3) is 3.53. The molecule has 0 bridgehead atoms. The van der Waals surface area contributed by atoms with Gasteiger partial charge < -0.3 is 10.1 Å². The smallest absolute Gasteiger partial charge is 0.142 e. The van der Waals surface area contributed by atoms with Crippen molar-refractivity contribution >= 4 is 5.69 Å². The summed E-state index contributed by atoms with van der Waals surface area (Å²) in [7, 11) is 0. The Hall–Kier alpha value is -1.96. The van der Waals surface area contributed by atoms with Crippen LogP contribution in [-0.4, -0.2) is 6.61 Å². The first-order chi connectivity index (χ1) is 9.72. The van der Waals surface area contributed by atoms with Crippen molar-refractivity contribution in [2.75, 3.05) is 11.9 Å². The molecule has 1 N–H and O–H groups in total. The topological polar surface area (TPSA) is 21.3 Å². The van der Waals surface area contributed by atoms with Crippen molar-refractivity contribution in [3.63, 3.8) is 0 Å². The van der Waals surface area contributed by atoms with Crippen LogP contribution in [0.25, 0.3) is 0 Å². The van der Waals surface area contributed by atoms with Crippen LogP contribution in [0.5, 0.6) is 5.75 Å². The molecule has 0 saturated heterocycles. The first-order valence-corrected chi connectivity index (χ1v) is 7.23. The van der Waals surface area contributed by atoms with Gasteiger partial charge in [-0.05, 0) is 49.1 Å². The average molecular weight is 269 g/mol. The number of ether oxygens (including phenoxy) is 1. The molecular weight excluding hydrogens is 246 g/mol. The van der Waals surface area contributed by atoms with Crippen molar-refractivity contribution in [3.05, 3.63) is 59.2 Å². The van der Waals surface area contributed by atoms with E-state index in [9.17, 15) is 0 Å². The van der Waals surface area contributed by atoms with Gasteiger partial charge in [0.15, 0.2) is 0 Å². The second-order valence-electron chi connectivity index (χ2n) is 5.06. The van der Waals surface area contributed by atoms with E-state index in [1.807, 2.05) is 18.2 Å². The largest absolute Gasteiger partial charge is 0.491 e. The first-order valence-electron chi connectivity index (χ1n) is 7.23. The second kappa shape index (κ2) is 6.99. The van der Waals surface area contributed by atoms with Gasteiger partial charge in [-0.3, -0.25) is 0 Å². The number of aryl methyl sites for hydroxylation is 1. The summed E-state index contributed by atoms with van der Waals surface area (Å²) >= 11 is 0. The van der Waals surface area contributed by atoms with Crippen molar-refractivity contribution in [2.45, 2.75) is 33.7 Å². The molecule has 2 aromatic rings. The Kier molecular flexibility index (Phi) is 5.05. The van der Waals surface area contributed by atoms with E-state index in [0.29, 0.717) is 0 Å². The second-order valence-corrected chi connectivity index (χ2v) is 5.06. The van der Waals surface area contributed by atoms with Gasteiger partial charge in [0.1, 0.15) is 5.75 Å². The van der Waals surface area contributed by atoms with E-state index in [2.05, 4.69) is 50.4 Å². The minimum Gasteiger partial charge on any atom is -0.491 e. The molecule has 0 heterocycles. The number of hydrogen-bond donors (Lipinski definition) is 1. The minimum atomic E-state index is 0.752. The van der Waals surface area contributed by atoms with Gasteiger partial charge in [0.2, 0.25) is 0 Å². The van der Waals surface area contributed by atoms with Gasteiger partial charge in [0.25, 0.3) is 0 Å². The highest BCUT2D eigenvalue weighted by Gasteiger charge is 2.04. The Morgan fingerprint density at radius 3 is 2.60 bits per heavy atom. The molecule has 0 radical (unpaired) electrons. The first kappa shape index (κ1) is 14.4. The minimum absolute atomic E-state index is 0.752. The van der Waals surface area contributed by atoms with Crippen LogP contribution in [0.3, 0.4) is 0 Å². The lowest BCUT2D eigenvalue weighted by Crippen LogP contribution is -2.05. The monoisotopic (exact) mass is 269 g/mol. The van der Waals surface area contributed by atoms with E-state index in [1.165, 1.54) is 16.7 Å². The van der Waals surface area contributed by atoms with Gasteiger partial charge in [0.05, 0.1) is 12.3 Å². The molecule has 0 aliphatic rings. The Labute approximate surface area is 121 Å². The summed E-state index contributed by atoms with van der Waals surface area (Å²) in [6.07, 6.45) is 1.02. The molecule has 0 amide bonds. The summed E-state index contributed by atoms with van der Waals surface area (Å²) in [5, 5.41) is 3.48. The van der Waals surface area contributed by atoms with Crippen LogP contribution in [0.1, 0.15) is 30.0 Å². The normalized spacial score (nSPS) is 10.3. The molecular formula is C18H23NO. The third-order valence-corrected chi connectivity index (χ3v) is 3.53. The lowest BCUT2D eigenvalue weighted by atomic mass is 10.0. The van der Waals surface area contributed by atoms with Crippen molar-refractivity contribution < 1.29 is 4.74 Å². The summed E-state index contributed by atoms with van der Waals surface area (Å²) in [5.41, 5.74) is 5.07. The maximum absolute atomic E-state index is 5.77. The molecule has 0 aliphatic carbocycles. The van der Waals surface area contributed by atoms with Crippen LogP contribution < -0.4 is 10.1 Å². The summed E-state index contributed by atoms with van der Waals surface area (Å²) in [5.74, 6) is 0.930. The summed E-state index contributed by atoms with van der Waals surface area (Å²) in [6, 6.07) is 14.6. The van der Waals surface area contributed by atoms with Gasteiger partial charge in [-0.1, -0.05) is 37.3 Å². The highest BCUT2D eigenvalue weighted by atomic mass is 16.5. The van der Waals surface area contributed by atoms with Crippen molar-refractivity contribution in [3.8, 4) is 5.75 Å². The maximum atomic E-state index is 5.77. The van der Waals surface area contributed by atoms with E-state index in [0.717, 1.165) is 31.0 Å². The number of hydrogen-bond acceptors (Lipinski definition) is 2. The van der Waals surface area contributed by atoms with E-state index in [1.54, 1.807) is 0 Å². The molecule has 2 heteroatoms. The molecule has 0 unspecified atom stereocenters. The van der Waals surface area contributed by atoms with E-state index < -0.39 is 0 Å². The van der Waals surface area contributed by atoms with Crippen LogP contribution in [0.4, 0.5) is 5.69 Å². The molecule has 106 valence electrons. The standard InChI is InChI=1S/C18H23NO/c1-4-12-20-18-11-6-5-10-17(18)19-13-16-9-7-8-14(2)15(16)3/h5-11,19H,4,12-13H2,1-3H3. The number of rotatable bonds is 6. The van der Waals surface area contributed by atoms with Crippen LogP contribution in [0.15, 0.2) is 42.5 Å². The Morgan fingerprint density at radius 2 is 1.80 bits per heavy atom. The Balaban J connectivity index is 2.09. The van der Waals surface area contributed by atoms with E-state index in [-0.39, 0.29) is 0 Å². The lowest BCUT2D eigenvalue weighted by Gasteiger charge is -2.14. The molecule has 20 heavy (non-hydrogen) atoms. The predicted octanol–water partition coefficient (Wildman–Crippen LogP) is 4.70. The fraction of sp³-hybridized carbons (Fsp3) is 0.333. The van der Waals surface area contributed by atoms with Crippen molar-refractivity contribution in [2.24, 2.45) is 0 Å². The number of para-hydroxylation sites is 2. The fourth-order valence-electron chi connectivity index (χ4n) is 2.14. The number of anilines is 1. The number of benzene rings is 2. The fourth-order valence-corrected chi connectivity index (χ4v) is 2.14. The van der Waals surface area contributed by atoms with Gasteiger partial charge in [-0.2, -0.15) is 0 Å². The maximum Gasteiger partial charge on any atom is 0.142 e. The van der Waals surface area contributed by atoms with Gasteiger partial charge in [-0.15, -0.1) is 0 Å². The highest BCUT2D eigenvalue weighted by molar-refractivity contribution is 5.56. The van der Waals surface area contributed by atoms with Gasteiger partial charge in [0, 0.05) is 6.54 Å². The zero-order chi connectivity index (χ0) is 14.4. The number of nitrogens with one attached hydrogen (secondary N) is 1. The average Bonchev–Trinajstić information content (AvgIpc) is 2.47. The molecule has 0 aromatic heterocycles. The molecule has 0 atom stereocenters. The van der Waals surface area contributed by atoms with Crippen molar-refractivity contribution in [1.29, 1.82) is 0 Å². The molecule has 0 saturated carbocycles. The van der Waals surface area contributed by atoms with Gasteiger partial charge in [-0.25, -0.2) is 0 Å². The van der Waals surface area contributed by atoms with Crippen molar-refractivity contribution in [1.82, 2.24) is 0 Å². The van der Waals surface area contributed by atoms with Crippen LogP contribution in [0, 0.1) is 13.8 Å². The van der Waals surface area contributed by atoms with Crippen LogP contribution in [0.2, 0.25) is 0 Å². The lowest BCUT2D eigenvalue weighted by molar-refractivity contribution is 0.319. The third-order valence-electron chi connectivity index (χ3n) is 3.53. The van der Waals surface area contributed by atoms with E-state index in [4.69, 9.17) is 4.74 Å². The Bertz CT molecular complexity index is 563. The molecule has 0 aliphatic heterocycles. The Morgan fingerprint density at radius 1 is 1.00 bits per heavy atom. The molecule has 0 fully saturated rings. The zero-order valence-corrected chi connectivity index (χ0v) is 12.6. The zero-order valence-electron chi connectivity index (χ0n) is 12.6. The summed E-state index contributed by atoms with van der Waals surface area (Å²) in [6.45, 7) is 8.01. The molecule has 2 rings (SSSR count). The van der Waals surface area contributed by atoms with Gasteiger partial charge >= 0.3 is 0 Å². The molecule has 2 aromatic carbocycles. The molecule has 0 spiro atoms. The van der Waals surface area contributed by atoms with Crippen LogP contribution >= 0.6 is 0 Å².